The van der Waals surface area contributed by atoms with Gasteiger partial charge in [0, 0.05) is 12.5 Å². The summed E-state index contributed by atoms with van der Waals surface area (Å²) in [7, 11) is 0. The quantitative estimate of drug-likeness (QED) is 0.489. The number of rotatable bonds is 3. The highest BCUT2D eigenvalue weighted by Gasteiger charge is 2.06. The van der Waals surface area contributed by atoms with E-state index in [1.54, 1.807) is 12.3 Å². The summed E-state index contributed by atoms with van der Waals surface area (Å²) in [5.74, 6) is 5.81. The first-order valence-corrected chi connectivity index (χ1v) is 5.20. The molecule has 0 aliphatic rings. The molecule has 0 aromatic carbocycles. The lowest BCUT2D eigenvalue weighted by atomic mass is 10.1. The minimum absolute atomic E-state index is 0.0736. The van der Waals surface area contributed by atoms with E-state index in [0.717, 1.165) is 5.57 Å². The highest BCUT2D eigenvalue weighted by Crippen LogP contribution is 2.04. The van der Waals surface area contributed by atoms with Crippen molar-refractivity contribution in [3.05, 3.63) is 53.9 Å². The molecule has 0 spiro atoms. The Kier molecular flexibility index (Phi) is 4.71. The van der Waals surface area contributed by atoms with Crippen LogP contribution in [0, 0.1) is 11.8 Å². The Balaban J connectivity index is 2.98. The monoisotopic (exact) mass is 226 g/mol. The maximum atomic E-state index is 11.2. The third-order valence-corrected chi connectivity index (χ3v) is 2.06. The smallest absolute Gasteiger partial charge is 0.178 e. The van der Waals surface area contributed by atoms with Crippen LogP contribution in [0.15, 0.2) is 42.7 Å². The van der Waals surface area contributed by atoms with E-state index in [-0.39, 0.29) is 5.78 Å². The number of Topliss-reactive ketones (excluding diaryl/α,β-unsaturated/α-hetero) is 1. The van der Waals surface area contributed by atoms with Gasteiger partial charge >= 0.3 is 0 Å². The van der Waals surface area contributed by atoms with E-state index in [0.29, 0.717) is 11.3 Å². The summed E-state index contributed by atoms with van der Waals surface area (Å²) in [4.78, 5) is 11.2. The molecule has 0 bridgehead atoms. The minimum atomic E-state index is -0.0736. The molecule has 0 unspecified atom stereocenters. The fourth-order valence-corrected chi connectivity index (χ4v) is 1.17. The third-order valence-electron chi connectivity index (χ3n) is 2.06. The van der Waals surface area contributed by atoms with Gasteiger partial charge in [-0.1, -0.05) is 36.6 Å². The number of ketones is 1. The Bertz CT molecular complexity index is 536. The van der Waals surface area contributed by atoms with Crippen molar-refractivity contribution in [1.29, 1.82) is 0 Å². The maximum absolute atomic E-state index is 11.2. The first kappa shape index (κ1) is 12.7. The van der Waals surface area contributed by atoms with Crippen molar-refractivity contribution >= 4 is 5.78 Å². The van der Waals surface area contributed by atoms with Gasteiger partial charge in [0.05, 0.1) is 11.8 Å². The number of nitrogens with zero attached hydrogens (tertiary/aromatic N) is 1. The number of carbonyl (C=O) groups is 1. The fourth-order valence-electron chi connectivity index (χ4n) is 1.17. The molecule has 3 nitrogen and oxygen atoms in total. The number of hydrogen-bond donors (Lipinski definition) is 1. The molecular weight excluding hydrogens is 212 g/mol. The van der Waals surface area contributed by atoms with Gasteiger partial charge in [0.25, 0.3) is 0 Å². The van der Waals surface area contributed by atoms with Gasteiger partial charge in [0.2, 0.25) is 0 Å². The van der Waals surface area contributed by atoms with Crippen LogP contribution in [-0.2, 0) is 0 Å². The molecule has 0 amide bonds. The molecule has 1 N–H and O–H groups in total. The van der Waals surface area contributed by atoms with E-state index in [2.05, 4.69) is 28.6 Å². The molecule has 0 aliphatic carbocycles. The van der Waals surface area contributed by atoms with Crippen LogP contribution in [0.5, 0.6) is 0 Å². The molecule has 0 aliphatic heterocycles. The van der Waals surface area contributed by atoms with Crippen LogP contribution in [0.2, 0.25) is 0 Å². The average Bonchev–Trinajstić information content (AvgIpc) is 2.78. The van der Waals surface area contributed by atoms with Crippen molar-refractivity contribution in [3.63, 3.8) is 0 Å². The SMILES string of the molecule is C=C/C=C\C(C#Cc1cn[nH]c1C(C)=O)=C/C. The lowest BCUT2D eigenvalue weighted by Crippen LogP contribution is -1.95. The molecular formula is C14H14N2O. The van der Waals surface area contributed by atoms with Crippen molar-refractivity contribution in [3.8, 4) is 11.8 Å². The summed E-state index contributed by atoms with van der Waals surface area (Å²) in [5, 5.41) is 6.44. The van der Waals surface area contributed by atoms with Crippen LogP contribution >= 0.6 is 0 Å². The molecule has 1 aromatic heterocycles. The molecule has 3 heteroatoms. The highest BCUT2D eigenvalue weighted by molar-refractivity contribution is 5.94. The second-order valence-corrected chi connectivity index (χ2v) is 3.30. The molecule has 17 heavy (non-hydrogen) atoms. The lowest BCUT2D eigenvalue weighted by molar-refractivity contribution is 0.101. The van der Waals surface area contributed by atoms with Gasteiger partial charge in [-0.05, 0) is 13.0 Å². The van der Waals surface area contributed by atoms with Gasteiger partial charge in [-0.3, -0.25) is 9.89 Å². The van der Waals surface area contributed by atoms with E-state index < -0.39 is 0 Å². The molecule has 0 saturated carbocycles. The minimum Gasteiger partial charge on any atom is -0.293 e. The molecule has 0 saturated heterocycles. The van der Waals surface area contributed by atoms with Crippen molar-refractivity contribution in [2.75, 3.05) is 0 Å². The van der Waals surface area contributed by atoms with Crippen LogP contribution in [0.4, 0.5) is 0 Å². The number of aromatic amines is 1. The van der Waals surface area contributed by atoms with Crippen molar-refractivity contribution < 1.29 is 4.79 Å². The maximum Gasteiger partial charge on any atom is 0.178 e. The zero-order valence-corrected chi connectivity index (χ0v) is 9.95. The third kappa shape index (κ3) is 3.62. The Morgan fingerprint density at radius 3 is 2.94 bits per heavy atom. The zero-order valence-electron chi connectivity index (χ0n) is 9.95. The molecule has 0 atom stereocenters. The van der Waals surface area contributed by atoms with E-state index in [1.807, 2.05) is 25.2 Å². The number of H-pyrrole nitrogens is 1. The van der Waals surface area contributed by atoms with Crippen LogP contribution in [0.1, 0.15) is 29.9 Å². The Labute approximate surface area is 101 Å². The van der Waals surface area contributed by atoms with E-state index in [1.165, 1.54) is 6.92 Å². The van der Waals surface area contributed by atoms with Crippen LogP contribution in [0.25, 0.3) is 0 Å². The van der Waals surface area contributed by atoms with Crippen molar-refractivity contribution in [2.45, 2.75) is 13.8 Å². The second kappa shape index (κ2) is 6.29. The first-order valence-electron chi connectivity index (χ1n) is 5.20. The van der Waals surface area contributed by atoms with E-state index >= 15 is 0 Å². The normalized spacial score (nSPS) is 11.1. The number of nitrogens with one attached hydrogen (secondary N) is 1. The van der Waals surface area contributed by atoms with Crippen LogP contribution in [-0.4, -0.2) is 16.0 Å². The van der Waals surface area contributed by atoms with Crippen LogP contribution in [0.3, 0.4) is 0 Å². The van der Waals surface area contributed by atoms with Gasteiger partial charge in [0.15, 0.2) is 5.78 Å². The molecule has 1 heterocycles. The summed E-state index contributed by atoms with van der Waals surface area (Å²) in [6, 6.07) is 0. The Morgan fingerprint density at radius 1 is 1.59 bits per heavy atom. The predicted octanol–water partition coefficient (Wildman–Crippen LogP) is 2.65. The molecule has 0 fully saturated rings. The molecule has 0 radical (unpaired) electrons. The van der Waals surface area contributed by atoms with Gasteiger partial charge in [-0.15, -0.1) is 0 Å². The summed E-state index contributed by atoms with van der Waals surface area (Å²) < 4.78 is 0. The predicted molar refractivity (Wildman–Crippen MR) is 68.6 cm³/mol. The number of hydrogen-bond acceptors (Lipinski definition) is 2. The first-order chi connectivity index (χ1) is 8.19. The number of aromatic nitrogens is 2. The zero-order chi connectivity index (χ0) is 12.7. The average molecular weight is 226 g/mol. The van der Waals surface area contributed by atoms with E-state index in [4.69, 9.17) is 0 Å². The molecule has 1 rings (SSSR count). The van der Waals surface area contributed by atoms with Crippen LogP contribution < -0.4 is 0 Å². The van der Waals surface area contributed by atoms with Crippen molar-refractivity contribution in [2.24, 2.45) is 0 Å². The number of carbonyl (C=O) groups excluding carboxylic acids is 1. The largest absolute Gasteiger partial charge is 0.293 e. The summed E-state index contributed by atoms with van der Waals surface area (Å²) in [5.41, 5.74) is 1.92. The van der Waals surface area contributed by atoms with Gasteiger partial charge in [0.1, 0.15) is 5.69 Å². The lowest BCUT2D eigenvalue weighted by Gasteiger charge is -1.89. The van der Waals surface area contributed by atoms with Gasteiger partial charge in [-0.2, -0.15) is 5.10 Å². The Hall–Kier alpha value is -2.34. The standard InChI is InChI=1S/C14H14N2O/c1-4-6-7-12(5-2)8-9-13-10-15-16-14(13)11(3)17/h4-7,10H,1H2,2-3H3,(H,15,16)/b7-6-,12-5+. The molecule has 1 aromatic rings. The summed E-state index contributed by atoms with van der Waals surface area (Å²) >= 11 is 0. The Morgan fingerprint density at radius 2 is 2.35 bits per heavy atom. The summed E-state index contributed by atoms with van der Waals surface area (Å²) in [6.45, 7) is 6.97. The number of allylic oxidation sites excluding steroid dienone is 5. The fraction of sp³-hybridized carbons (Fsp3) is 0.143. The second-order valence-electron chi connectivity index (χ2n) is 3.30. The van der Waals surface area contributed by atoms with Crippen molar-refractivity contribution in [1.82, 2.24) is 10.2 Å². The highest BCUT2D eigenvalue weighted by atomic mass is 16.1. The topological polar surface area (TPSA) is 45.8 Å². The van der Waals surface area contributed by atoms with Gasteiger partial charge < -0.3 is 0 Å². The van der Waals surface area contributed by atoms with Gasteiger partial charge in [-0.25, -0.2) is 0 Å². The van der Waals surface area contributed by atoms with E-state index in [9.17, 15) is 4.79 Å². The summed E-state index contributed by atoms with van der Waals surface area (Å²) in [6.07, 6.45) is 8.79. The molecule has 86 valence electrons.